The minimum atomic E-state index is -0.00285. The van der Waals surface area contributed by atoms with Crippen LogP contribution in [0.5, 0.6) is 0 Å². The quantitative estimate of drug-likeness (QED) is 0.244. The van der Waals surface area contributed by atoms with E-state index in [9.17, 15) is 9.59 Å². The number of fused-ring (bicyclic) bond motifs is 1. The average Bonchev–Trinajstić information content (AvgIpc) is 2.92. The maximum absolute atomic E-state index is 13.1. The molecule has 0 aliphatic rings. The monoisotopic (exact) mass is 516 g/mol. The van der Waals surface area contributed by atoms with Gasteiger partial charge in [-0.3, -0.25) is 9.59 Å². The average molecular weight is 517 g/mol. The summed E-state index contributed by atoms with van der Waals surface area (Å²) >= 11 is 2.72. The van der Waals surface area contributed by atoms with Crippen molar-refractivity contribution in [2.45, 2.75) is 23.9 Å². The Morgan fingerprint density at radius 2 is 0.972 bits per heavy atom. The van der Waals surface area contributed by atoms with Crippen molar-refractivity contribution in [1.82, 2.24) is 9.97 Å². The van der Waals surface area contributed by atoms with Crippen LogP contribution in [0, 0.1) is 0 Å². The standard InChI is InChI=1S/C28H28N4O2S2/c1-3-31(21-13-7-5-8-14-21)25(33)19-35-27-28(30-24-18-12-11-17-23(24)29-27)36-20-26(34)32(4-2)22-15-9-6-10-16-22/h5-18H,3-4,19-20H2,1-2H3. The van der Waals surface area contributed by atoms with Gasteiger partial charge in [0.1, 0.15) is 10.1 Å². The van der Waals surface area contributed by atoms with E-state index < -0.39 is 0 Å². The van der Waals surface area contributed by atoms with E-state index in [1.807, 2.05) is 98.8 Å². The highest BCUT2D eigenvalue weighted by molar-refractivity contribution is 8.02. The maximum Gasteiger partial charge on any atom is 0.237 e. The van der Waals surface area contributed by atoms with Gasteiger partial charge in [-0.1, -0.05) is 72.1 Å². The van der Waals surface area contributed by atoms with E-state index >= 15 is 0 Å². The molecule has 0 unspecified atom stereocenters. The Hall–Kier alpha value is -3.36. The lowest BCUT2D eigenvalue weighted by atomic mass is 10.3. The van der Waals surface area contributed by atoms with E-state index in [4.69, 9.17) is 9.97 Å². The number of anilines is 2. The third-order valence-electron chi connectivity index (χ3n) is 5.54. The third-order valence-corrected chi connectivity index (χ3v) is 7.57. The second-order valence-electron chi connectivity index (χ2n) is 7.85. The molecular weight excluding hydrogens is 488 g/mol. The molecule has 184 valence electrons. The Kier molecular flexibility index (Phi) is 8.97. The van der Waals surface area contributed by atoms with Crippen molar-refractivity contribution in [2.24, 2.45) is 0 Å². The van der Waals surface area contributed by atoms with Crippen molar-refractivity contribution >= 4 is 57.7 Å². The van der Waals surface area contributed by atoms with E-state index in [2.05, 4.69) is 0 Å². The Morgan fingerprint density at radius 1 is 0.611 bits per heavy atom. The lowest BCUT2D eigenvalue weighted by molar-refractivity contribution is -0.116. The van der Waals surface area contributed by atoms with Gasteiger partial charge < -0.3 is 9.80 Å². The number of thioether (sulfide) groups is 2. The van der Waals surface area contributed by atoms with E-state index in [-0.39, 0.29) is 23.3 Å². The van der Waals surface area contributed by atoms with Gasteiger partial charge >= 0.3 is 0 Å². The lowest BCUT2D eigenvalue weighted by Gasteiger charge is -2.21. The Balaban J connectivity index is 1.52. The van der Waals surface area contributed by atoms with Gasteiger partial charge in [0.25, 0.3) is 0 Å². The first-order chi connectivity index (χ1) is 17.6. The SMILES string of the molecule is CCN(C(=O)CSc1nc2ccccc2nc1SCC(=O)N(CC)c1ccccc1)c1ccccc1. The zero-order valence-corrected chi connectivity index (χ0v) is 22.0. The number of nitrogens with zero attached hydrogens (tertiary/aromatic N) is 4. The molecule has 0 N–H and O–H groups in total. The number of amides is 2. The molecule has 6 nitrogen and oxygen atoms in total. The van der Waals surface area contributed by atoms with Crippen molar-refractivity contribution < 1.29 is 9.59 Å². The number of carbonyl (C=O) groups excluding carboxylic acids is 2. The van der Waals surface area contributed by atoms with Gasteiger partial charge in [-0.2, -0.15) is 0 Å². The number of hydrogen-bond donors (Lipinski definition) is 0. The molecule has 0 bridgehead atoms. The molecular formula is C28H28N4O2S2. The molecule has 1 heterocycles. The Bertz CT molecular complexity index is 1220. The van der Waals surface area contributed by atoms with Crippen molar-refractivity contribution in [3.05, 3.63) is 84.9 Å². The van der Waals surface area contributed by atoms with Crippen LogP contribution in [0.25, 0.3) is 11.0 Å². The van der Waals surface area contributed by atoms with Crippen molar-refractivity contribution in [3.63, 3.8) is 0 Å². The molecule has 36 heavy (non-hydrogen) atoms. The fourth-order valence-corrected chi connectivity index (χ4v) is 5.64. The van der Waals surface area contributed by atoms with Gasteiger partial charge in [0, 0.05) is 24.5 Å². The first-order valence-corrected chi connectivity index (χ1v) is 13.8. The molecule has 0 atom stereocenters. The van der Waals surface area contributed by atoms with Crippen molar-refractivity contribution in [3.8, 4) is 0 Å². The molecule has 2 amide bonds. The van der Waals surface area contributed by atoms with Gasteiger partial charge in [-0.25, -0.2) is 9.97 Å². The predicted octanol–water partition coefficient (Wildman–Crippen LogP) is 5.92. The van der Waals surface area contributed by atoms with Crippen LogP contribution in [0.15, 0.2) is 95.0 Å². The fourth-order valence-electron chi connectivity index (χ4n) is 3.79. The van der Waals surface area contributed by atoms with Crippen LogP contribution in [0.1, 0.15) is 13.8 Å². The summed E-state index contributed by atoms with van der Waals surface area (Å²) in [4.78, 5) is 39.2. The maximum atomic E-state index is 13.1. The molecule has 0 saturated heterocycles. The second kappa shape index (κ2) is 12.6. The third kappa shape index (κ3) is 6.25. The summed E-state index contributed by atoms with van der Waals surface area (Å²) in [5.74, 6) is 0.443. The normalized spacial score (nSPS) is 10.8. The summed E-state index contributed by atoms with van der Waals surface area (Å²) in [5.41, 5.74) is 3.27. The summed E-state index contributed by atoms with van der Waals surface area (Å²) in [7, 11) is 0. The summed E-state index contributed by atoms with van der Waals surface area (Å²) in [6.07, 6.45) is 0. The van der Waals surface area contributed by atoms with Crippen LogP contribution < -0.4 is 9.80 Å². The zero-order chi connectivity index (χ0) is 25.3. The second-order valence-corrected chi connectivity index (χ2v) is 9.78. The largest absolute Gasteiger partial charge is 0.312 e. The lowest BCUT2D eigenvalue weighted by Crippen LogP contribution is -2.32. The van der Waals surface area contributed by atoms with Gasteiger partial charge in [0.05, 0.1) is 22.5 Å². The molecule has 8 heteroatoms. The number of rotatable bonds is 10. The first kappa shape index (κ1) is 25.7. The highest BCUT2D eigenvalue weighted by Crippen LogP contribution is 2.31. The first-order valence-electron chi connectivity index (χ1n) is 11.8. The molecule has 3 aromatic carbocycles. The molecule has 0 aliphatic carbocycles. The molecule has 4 rings (SSSR count). The number of aromatic nitrogens is 2. The molecule has 0 fully saturated rings. The molecule has 0 spiro atoms. The zero-order valence-electron chi connectivity index (χ0n) is 20.3. The summed E-state index contributed by atoms with van der Waals surface area (Å²) in [5, 5.41) is 1.32. The minimum absolute atomic E-state index is 0.00285. The fraction of sp³-hybridized carbons (Fsp3) is 0.214. The molecule has 4 aromatic rings. The van der Waals surface area contributed by atoms with Gasteiger partial charge in [0.2, 0.25) is 11.8 Å². The van der Waals surface area contributed by atoms with Crippen molar-refractivity contribution in [1.29, 1.82) is 0 Å². The number of carbonyl (C=O) groups is 2. The smallest absolute Gasteiger partial charge is 0.237 e. The van der Waals surface area contributed by atoms with E-state index in [1.54, 1.807) is 9.80 Å². The molecule has 0 aliphatic heterocycles. The highest BCUT2D eigenvalue weighted by atomic mass is 32.2. The molecule has 1 aromatic heterocycles. The van der Waals surface area contributed by atoms with E-state index in [1.165, 1.54) is 23.5 Å². The summed E-state index contributed by atoms with van der Waals surface area (Å²) < 4.78 is 0. The van der Waals surface area contributed by atoms with Gasteiger partial charge in [-0.15, -0.1) is 0 Å². The van der Waals surface area contributed by atoms with Crippen molar-refractivity contribution in [2.75, 3.05) is 34.4 Å². The van der Waals surface area contributed by atoms with E-state index in [0.717, 1.165) is 22.4 Å². The topological polar surface area (TPSA) is 66.4 Å². The highest BCUT2D eigenvalue weighted by Gasteiger charge is 2.19. The van der Waals surface area contributed by atoms with Gasteiger partial charge in [-0.05, 0) is 50.2 Å². The Morgan fingerprint density at radius 3 is 1.33 bits per heavy atom. The number of para-hydroxylation sites is 4. The molecule has 0 saturated carbocycles. The minimum Gasteiger partial charge on any atom is -0.312 e. The predicted molar refractivity (Wildman–Crippen MR) is 150 cm³/mol. The number of hydrogen-bond acceptors (Lipinski definition) is 6. The van der Waals surface area contributed by atoms with Gasteiger partial charge in [0.15, 0.2) is 0 Å². The van der Waals surface area contributed by atoms with Crippen LogP contribution in [-0.2, 0) is 9.59 Å². The summed E-state index contributed by atoms with van der Waals surface area (Å²) in [6, 6.07) is 26.9. The van der Waals surface area contributed by atoms with E-state index in [0.29, 0.717) is 23.1 Å². The van der Waals surface area contributed by atoms with Crippen LogP contribution in [0.2, 0.25) is 0 Å². The van der Waals surface area contributed by atoms with Crippen LogP contribution in [0.3, 0.4) is 0 Å². The Labute approximate surface area is 220 Å². The van der Waals surface area contributed by atoms with Crippen LogP contribution in [-0.4, -0.2) is 46.4 Å². The van der Waals surface area contributed by atoms with Crippen LogP contribution >= 0.6 is 23.5 Å². The number of benzene rings is 3. The molecule has 0 radical (unpaired) electrons. The summed E-state index contributed by atoms with van der Waals surface area (Å²) in [6.45, 7) is 5.08. The van der Waals surface area contributed by atoms with Crippen LogP contribution in [0.4, 0.5) is 11.4 Å².